The molecule has 1 amide bonds. The zero-order chi connectivity index (χ0) is 17.9. The van der Waals surface area contributed by atoms with Gasteiger partial charge in [0.1, 0.15) is 12.7 Å². The summed E-state index contributed by atoms with van der Waals surface area (Å²) >= 11 is 0. The minimum Gasteiger partial charge on any atom is -0.324 e. The van der Waals surface area contributed by atoms with Crippen LogP contribution in [-0.4, -0.2) is 20.7 Å². The van der Waals surface area contributed by atoms with Crippen molar-refractivity contribution in [3.8, 4) is 5.69 Å². The fraction of sp³-hybridized carbons (Fsp3) is 0.118. The number of halogens is 3. The van der Waals surface area contributed by atoms with Gasteiger partial charge in [-0.05, 0) is 23.8 Å². The van der Waals surface area contributed by atoms with E-state index in [4.69, 9.17) is 0 Å². The Bertz CT molecular complexity index is 861. The Morgan fingerprint density at radius 1 is 1.12 bits per heavy atom. The van der Waals surface area contributed by atoms with Crippen LogP contribution in [0.4, 0.5) is 18.9 Å². The molecule has 3 rings (SSSR count). The van der Waals surface area contributed by atoms with E-state index in [0.29, 0.717) is 5.69 Å². The number of carbonyl (C=O) groups is 1. The number of nitrogens with zero attached hydrogens (tertiary/aromatic N) is 3. The average molecular weight is 346 g/mol. The molecule has 0 aliphatic carbocycles. The molecule has 5 nitrogen and oxygen atoms in total. The molecule has 3 aromatic rings. The van der Waals surface area contributed by atoms with Crippen molar-refractivity contribution in [2.45, 2.75) is 12.6 Å². The molecular weight excluding hydrogens is 333 g/mol. The summed E-state index contributed by atoms with van der Waals surface area (Å²) in [7, 11) is 0. The molecule has 1 heterocycles. The third kappa shape index (κ3) is 4.03. The van der Waals surface area contributed by atoms with Gasteiger partial charge in [-0.1, -0.05) is 30.3 Å². The Morgan fingerprint density at radius 3 is 2.52 bits per heavy atom. The molecule has 128 valence electrons. The standard InChI is InChI=1S/C17H13F3N4O/c18-17(19,20)13-6-7-15(24-11-21-10-22-24)14(9-13)23-16(25)8-12-4-2-1-3-5-12/h1-7,9-11H,8H2,(H,23,25). The largest absolute Gasteiger partial charge is 0.416 e. The molecule has 0 saturated carbocycles. The van der Waals surface area contributed by atoms with Gasteiger partial charge in [-0.3, -0.25) is 4.79 Å². The molecule has 0 saturated heterocycles. The number of hydrogen-bond acceptors (Lipinski definition) is 3. The lowest BCUT2D eigenvalue weighted by molar-refractivity contribution is -0.137. The van der Waals surface area contributed by atoms with Crippen LogP contribution in [0.5, 0.6) is 0 Å². The number of aromatic nitrogens is 3. The highest BCUT2D eigenvalue weighted by Crippen LogP contribution is 2.33. The molecule has 0 radical (unpaired) electrons. The van der Waals surface area contributed by atoms with Crippen LogP contribution in [-0.2, 0) is 17.4 Å². The third-order valence-electron chi connectivity index (χ3n) is 3.47. The van der Waals surface area contributed by atoms with E-state index in [9.17, 15) is 18.0 Å². The molecule has 2 aromatic carbocycles. The number of amides is 1. The lowest BCUT2D eigenvalue weighted by Crippen LogP contribution is -2.17. The second-order valence-corrected chi connectivity index (χ2v) is 5.28. The lowest BCUT2D eigenvalue weighted by atomic mass is 10.1. The summed E-state index contributed by atoms with van der Waals surface area (Å²) in [6.45, 7) is 0. The van der Waals surface area contributed by atoms with Crippen molar-refractivity contribution in [2.75, 3.05) is 5.32 Å². The fourth-order valence-electron chi connectivity index (χ4n) is 2.32. The van der Waals surface area contributed by atoms with E-state index in [1.165, 1.54) is 23.4 Å². The third-order valence-corrected chi connectivity index (χ3v) is 3.47. The van der Waals surface area contributed by atoms with Crippen molar-refractivity contribution in [1.82, 2.24) is 14.8 Å². The van der Waals surface area contributed by atoms with Crippen LogP contribution < -0.4 is 5.32 Å². The van der Waals surface area contributed by atoms with Gasteiger partial charge in [0.25, 0.3) is 0 Å². The van der Waals surface area contributed by atoms with Crippen LogP contribution in [0.3, 0.4) is 0 Å². The molecule has 0 atom stereocenters. The van der Waals surface area contributed by atoms with Crippen molar-refractivity contribution in [1.29, 1.82) is 0 Å². The smallest absolute Gasteiger partial charge is 0.324 e. The molecule has 0 unspecified atom stereocenters. The van der Waals surface area contributed by atoms with Crippen LogP contribution in [0.1, 0.15) is 11.1 Å². The minimum absolute atomic E-state index is 0.0151. The van der Waals surface area contributed by atoms with Gasteiger partial charge in [-0.25, -0.2) is 9.67 Å². The highest BCUT2D eigenvalue weighted by Gasteiger charge is 2.31. The molecule has 0 aliphatic rings. The summed E-state index contributed by atoms with van der Waals surface area (Å²) in [6, 6.07) is 12.0. The van der Waals surface area contributed by atoms with Gasteiger partial charge < -0.3 is 5.32 Å². The van der Waals surface area contributed by atoms with Crippen molar-refractivity contribution in [2.24, 2.45) is 0 Å². The second kappa shape index (κ2) is 6.76. The highest BCUT2D eigenvalue weighted by molar-refractivity contribution is 5.94. The summed E-state index contributed by atoms with van der Waals surface area (Å²) < 4.78 is 40.2. The van der Waals surface area contributed by atoms with Crippen LogP contribution in [0.2, 0.25) is 0 Å². The van der Waals surface area contributed by atoms with Gasteiger partial charge >= 0.3 is 6.18 Å². The summed E-state index contributed by atoms with van der Waals surface area (Å²) in [6.07, 6.45) is -1.86. The first-order valence-corrected chi connectivity index (χ1v) is 7.33. The summed E-state index contributed by atoms with van der Waals surface area (Å²) in [4.78, 5) is 16.0. The molecule has 0 aliphatic heterocycles. The van der Waals surface area contributed by atoms with Gasteiger partial charge in [-0.15, -0.1) is 0 Å². The van der Waals surface area contributed by atoms with Gasteiger partial charge in [0.15, 0.2) is 0 Å². The zero-order valence-electron chi connectivity index (χ0n) is 12.9. The van der Waals surface area contributed by atoms with Crippen LogP contribution >= 0.6 is 0 Å². The van der Waals surface area contributed by atoms with E-state index >= 15 is 0 Å². The van der Waals surface area contributed by atoms with Crippen LogP contribution in [0.25, 0.3) is 5.69 Å². The molecule has 0 bridgehead atoms. The summed E-state index contributed by atoms with van der Waals surface area (Å²) in [5, 5.41) is 6.44. The SMILES string of the molecule is O=C(Cc1ccccc1)Nc1cc(C(F)(F)F)ccc1-n1cncn1. The molecule has 0 spiro atoms. The number of hydrogen-bond donors (Lipinski definition) is 1. The van der Waals surface area contributed by atoms with Crippen molar-refractivity contribution in [3.63, 3.8) is 0 Å². The molecular formula is C17H13F3N4O. The molecule has 0 fully saturated rings. The number of nitrogens with one attached hydrogen (secondary N) is 1. The normalized spacial score (nSPS) is 11.3. The van der Waals surface area contributed by atoms with Crippen molar-refractivity contribution >= 4 is 11.6 Å². The number of rotatable bonds is 4. The Balaban J connectivity index is 1.90. The average Bonchev–Trinajstić information content (AvgIpc) is 3.09. The van der Waals surface area contributed by atoms with E-state index in [1.807, 2.05) is 6.07 Å². The predicted molar refractivity (Wildman–Crippen MR) is 85.1 cm³/mol. The van der Waals surface area contributed by atoms with Crippen LogP contribution in [0, 0.1) is 0 Å². The molecule has 1 aromatic heterocycles. The molecule has 1 N–H and O–H groups in total. The number of anilines is 1. The quantitative estimate of drug-likeness (QED) is 0.787. The van der Waals surface area contributed by atoms with Gasteiger partial charge in [0.05, 0.1) is 23.4 Å². The maximum absolute atomic E-state index is 13.0. The van der Waals surface area contributed by atoms with E-state index in [1.54, 1.807) is 24.3 Å². The Kier molecular flexibility index (Phi) is 4.51. The van der Waals surface area contributed by atoms with Gasteiger partial charge in [0.2, 0.25) is 5.91 Å². The number of carbonyl (C=O) groups excluding carboxylic acids is 1. The first-order valence-electron chi connectivity index (χ1n) is 7.33. The fourth-order valence-corrected chi connectivity index (χ4v) is 2.32. The summed E-state index contributed by atoms with van der Waals surface area (Å²) in [5.41, 5.74) is 0.217. The molecule has 8 heteroatoms. The number of alkyl halides is 3. The Morgan fingerprint density at radius 2 is 1.88 bits per heavy atom. The number of benzene rings is 2. The predicted octanol–water partition coefficient (Wildman–Crippen LogP) is 3.47. The minimum atomic E-state index is -4.51. The first kappa shape index (κ1) is 16.7. The maximum Gasteiger partial charge on any atom is 0.416 e. The highest BCUT2D eigenvalue weighted by atomic mass is 19.4. The van der Waals surface area contributed by atoms with Gasteiger partial charge in [0, 0.05) is 0 Å². The molecule has 25 heavy (non-hydrogen) atoms. The van der Waals surface area contributed by atoms with E-state index < -0.39 is 17.6 Å². The Hall–Kier alpha value is -3.16. The Labute approximate surface area is 141 Å². The maximum atomic E-state index is 13.0. The zero-order valence-corrected chi connectivity index (χ0v) is 12.9. The van der Waals surface area contributed by atoms with Crippen LogP contribution in [0.15, 0.2) is 61.2 Å². The van der Waals surface area contributed by atoms with E-state index in [0.717, 1.165) is 17.7 Å². The lowest BCUT2D eigenvalue weighted by Gasteiger charge is -2.14. The van der Waals surface area contributed by atoms with Crippen molar-refractivity contribution in [3.05, 3.63) is 72.3 Å². The topological polar surface area (TPSA) is 59.8 Å². The van der Waals surface area contributed by atoms with Gasteiger partial charge in [-0.2, -0.15) is 18.3 Å². The first-order chi connectivity index (χ1) is 11.9. The summed E-state index contributed by atoms with van der Waals surface area (Å²) in [5.74, 6) is -0.424. The van der Waals surface area contributed by atoms with E-state index in [-0.39, 0.29) is 12.1 Å². The van der Waals surface area contributed by atoms with Crippen molar-refractivity contribution < 1.29 is 18.0 Å². The monoisotopic (exact) mass is 346 g/mol. The van der Waals surface area contributed by atoms with E-state index in [2.05, 4.69) is 15.4 Å². The second-order valence-electron chi connectivity index (χ2n) is 5.28.